The summed E-state index contributed by atoms with van der Waals surface area (Å²) in [5, 5.41) is 28.8. The van der Waals surface area contributed by atoms with Gasteiger partial charge < -0.3 is 15.3 Å². The number of carboxylic acid groups (broad SMARTS) is 3. The van der Waals surface area contributed by atoms with Crippen LogP contribution in [0.3, 0.4) is 0 Å². The molecule has 0 amide bonds. The molecule has 0 aromatic heterocycles. The maximum absolute atomic E-state index is 11.8. The number of unbranched alkanes of at least 4 members (excludes halogenated alkanes) is 12. The molecule has 3 atom stereocenters. The van der Waals surface area contributed by atoms with E-state index >= 15 is 0 Å². The van der Waals surface area contributed by atoms with Crippen LogP contribution in [-0.2, 0) is 14.4 Å². The van der Waals surface area contributed by atoms with Crippen LogP contribution < -0.4 is 0 Å². The fraction of sp³-hybridized carbons (Fsp3) is 0.815. The molecule has 34 heavy (non-hydrogen) atoms. The van der Waals surface area contributed by atoms with E-state index in [2.05, 4.69) is 19.1 Å². The van der Waals surface area contributed by atoms with Crippen LogP contribution >= 0.6 is 0 Å². The molecule has 0 aromatic rings. The highest BCUT2D eigenvalue weighted by Crippen LogP contribution is 2.27. The van der Waals surface area contributed by atoms with E-state index in [9.17, 15) is 29.7 Å². The number of carboxylic acids is 3. The molecule has 7 heteroatoms. The molecule has 3 N–H and O–H groups in total. The molecule has 198 valence electrons. The first-order valence-corrected chi connectivity index (χ1v) is 13.3. The monoisotopic (exact) mass is 484 g/mol. The summed E-state index contributed by atoms with van der Waals surface area (Å²) in [7, 11) is 0. The summed E-state index contributed by atoms with van der Waals surface area (Å²) in [5.74, 6) is -3.52. The van der Waals surface area contributed by atoms with Gasteiger partial charge >= 0.3 is 17.9 Å². The molecule has 0 aliphatic rings. The minimum absolute atomic E-state index is 0.221. The van der Waals surface area contributed by atoms with E-state index in [4.69, 9.17) is 0 Å². The Morgan fingerprint density at radius 1 is 0.588 bits per heavy atom. The van der Waals surface area contributed by atoms with Crippen LogP contribution in [-0.4, -0.2) is 62.4 Å². The Kier molecular flexibility index (Phi) is 17.4. The number of quaternary nitrogens is 1. The zero-order valence-electron chi connectivity index (χ0n) is 22.0. The second kappa shape index (κ2) is 18.4. The topological polar surface area (TPSA) is 112 Å². The van der Waals surface area contributed by atoms with Crippen molar-refractivity contribution in [3.05, 3.63) is 12.2 Å². The normalized spacial score (nSPS) is 16.1. The van der Waals surface area contributed by atoms with Gasteiger partial charge in [-0.3, -0.25) is 4.48 Å². The molecule has 0 aliphatic heterocycles. The minimum atomic E-state index is -1.17. The van der Waals surface area contributed by atoms with Gasteiger partial charge in [0.05, 0.1) is 6.54 Å². The Hall–Kier alpha value is -1.89. The van der Waals surface area contributed by atoms with Gasteiger partial charge in [0.1, 0.15) is 0 Å². The van der Waals surface area contributed by atoms with Gasteiger partial charge in [-0.2, -0.15) is 0 Å². The summed E-state index contributed by atoms with van der Waals surface area (Å²) in [4.78, 5) is 35.3. The predicted octanol–water partition coefficient (Wildman–Crippen LogP) is 6.26. The molecule has 3 unspecified atom stereocenters. The fourth-order valence-corrected chi connectivity index (χ4v) is 4.84. The molecule has 0 bridgehead atoms. The number of nitrogens with zero attached hydrogens (tertiary/aromatic N) is 1. The van der Waals surface area contributed by atoms with Crippen molar-refractivity contribution in [2.45, 2.75) is 136 Å². The fourth-order valence-electron chi connectivity index (χ4n) is 4.84. The quantitative estimate of drug-likeness (QED) is 0.0950. The van der Waals surface area contributed by atoms with Crippen LogP contribution in [0.25, 0.3) is 0 Å². The summed E-state index contributed by atoms with van der Waals surface area (Å²) in [6.07, 6.45) is 20.5. The van der Waals surface area contributed by atoms with Crippen LogP contribution in [0.15, 0.2) is 12.2 Å². The van der Waals surface area contributed by atoms with Gasteiger partial charge in [-0.25, -0.2) is 14.4 Å². The first-order valence-electron chi connectivity index (χ1n) is 13.3. The maximum atomic E-state index is 11.8. The number of aliphatic carboxylic acids is 3. The second-order valence-electron chi connectivity index (χ2n) is 9.70. The maximum Gasteiger partial charge on any atom is 0.362 e. The average Bonchev–Trinajstić information content (AvgIpc) is 2.80. The molecular formula is C27H50NO6+. The summed E-state index contributed by atoms with van der Waals surface area (Å²) >= 11 is 0. The SMILES string of the molecule is CCCCCC/C=C/CCCCCCCCCC[N+](C(C)C(=O)O)(C(C)C(=O)O)C(C)C(=O)O. The van der Waals surface area contributed by atoms with Gasteiger partial charge in [-0.05, 0) is 59.3 Å². The van der Waals surface area contributed by atoms with E-state index in [0.29, 0.717) is 6.42 Å². The Bertz CT molecular complexity index is 568. The first-order chi connectivity index (χ1) is 16.1. The van der Waals surface area contributed by atoms with Crippen molar-refractivity contribution in [3.63, 3.8) is 0 Å². The molecule has 0 aromatic carbocycles. The molecule has 0 saturated heterocycles. The summed E-state index contributed by atoms with van der Waals surface area (Å²) in [6.45, 7) is 6.71. The predicted molar refractivity (Wildman–Crippen MR) is 136 cm³/mol. The van der Waals surface area contributed by atoms with E-state index in [1.165, 1.54) is 72.1 Å². The van der Waals surface area contributed by atoms with Crippen LogP contribution in [0, 0.1) is 0 Å². The van der Waals surface area contributed by atoms with Crippen molar-refractivity contribution in [3.8, 4) is 0 Å². The average molecular weight is 485 g/mol. The summed E-state index contributed by atoms with van der Waals surface area (Å²) in [6, 6.07) is -3.37. The van der Waals surface area contributed by atoms with Crippen LogP contribution in [0.5, 0.6) is 0 Å². The van der Waals surface area contributed by atoms with E-state index in [1.54, 1.807) is 0 Å². The molecule has 0 fully saturated rings. The van der Waals surface area contributed by atoms with E-state index in [0.717, 1.165) is 32.1 Å². The first kappa shape index (κ1) is 32.1. The van der Waals surface area contributed by atoms with Crippen molar-refractivity contribution in [1.29, 1.82) is 0 Å². The van der Waals surface area contributed by atoms with Gasteiger partial charge in [0, 0.05) is 0 Å². The third kappa shape index (κ3) is 11.5. The largest absolute Gasteiger partial charge is 0.477 e. The zero-order valence-corrected chi connectivity index (χ0v) is 22.0. The summed E-state index contributed by atoms with van der Waals surface area (Å²) < 4.78 is -0.480. The minimum Gasteiger partial charge on any atom is -0.477 e. The Morgan fingerprint density at radius 2 is 0.912 bits per heavy atom. The molecule has 0 spiro atoms. The number of hydrogen-bond acceptors (Lipinski definition) is 3. The van der Waals surface area contributed by atoms with Crippen LogP contribution in [0.1, 0.15) is 118 Å². The standard InChI is InChI=1S/C27H49NO6/c1-5-6-7-8-9-10-11-12-13-14-15-16-17-18-19-20-21-28(22(2)25(29)30,23(3)26(31)32)24(4)27(33)34/h10-11,22-24H,5-9,12-21H2,1-4H3,(H2-,29,30,31,32,33,34)/p+1/b11-10+. The molecule has 0 aliphatic carbocycles. The van der Waals surface area contributed by atoms with Crippen molar-refractivity contribution in [2.24, 2.45) is 0 Å². The van der Waals surface area contributed by atoms with Crippen LogP contribution in [0.4, 0.5) is 0 Å². The highest BCUT2D eigenvalue weighted by molar-refractivity contribution is 5.77. The molecule has 0 heterocycles. The number of rotatable bonds is 22. The van der Waals surface area contributed by atoms with Gasteiger partial charge in [-0.1, -0.05) is 70.4 Å². The van der Waals surface area contributed by atoms with Crippen molar-refractivity contribution in [1.82, 2.24) is 0 Å². The second-order valence-corrected chi connectivity index (χ2v) is 9.70. The van der Waals surface area contributed by atoms with Crippen molar-refractivity contribution < 1.29 is 34.2 Å². The van der Waals surface area contributed by atoms with E-state index < -0.39 is 40.5 Å². The highest BCUT2D eigenvalue weighted by atomic mass is 16.4. The molecular weight excluding hydrogens is 434 g/mol. The molecule has 0 saturated carbocycles. The van der Waals surface area contributed by atoms with Crippen molar-refractivity contribution >= 4 is 17.9 Å². The van der Waals surface area contributed by atoms with Crippen molar-refractivity contribution in [2.75, 3.05) is 6.54 Å². The zero-order chi connectivity index (χ0) is 26.0. The van der Waals surface area contributed by atoms with E-state index in [-0.39, 0.29) is 6.54 Å². The number of carbonyl (C=O) groups is 3. The molecule has 7 nitrogen and oxygen atoms in total. The Morgan fingerprint density at radius 3 is 1.26 bits per heavy atom. The third-order valence-corrected chi connectivity index (χ3v) is 7.29. The van der Waals surface area contributed by atoms with Gasteiger partial charge in [0.2, 0.25) is 0 Å². The van der Waals surface area contributed by atoms with Gasteiger partial charge in [0.25, 0.3) is 0 Å². The summed E-state index contributed by atoms with van der Waals surface area (Å²) in [5.41, 5.74) is 0. The lowest BCUT2D eigenvalue weighted by atomic mass is 10.00. The Labute approximate surface area is 206 Å². The number of allylic oxidation sites excluding steroid dienone is 2. The number of hydrogen-bond donors (Lipinski definition) is 3. The third-order valence-electron chi connectivity index (χ3n) is 7.29. The van der Waals surface area contributed by atoms with Gasteiger partial charge in [-0.15, -0.1) is 0 Å². The lowest BCUT2D eigenvalue weighted by Crippen LogP contribution is -2.70. The molecule has 0 rings (SSSR count). The lowest BCUT2D eigenvalue weighted by molar-refractivity contribution is -0.968. The van der Waals surface area contributed by atoms with Gasteiger partial charge in [0.15, 0.2) is 18.1 Å². The van der Waals surface area contributed by atoms with E-state index in [1.807, 2.05) is 0 Å². The lowest BCUT2D eigenvalue weighted by Gasteiger charge is -2.47. The van der Waals surface area contributed by atoms with Crippen LogP contribution in [0.2, 0.25) is 0 Å². The molecule has 0 radical (unpaired) electrons. The Balaban J connectivity index is 4.36. The highest BCUT2D eigenvalue weighted by Gasteiger charge is 2.52. The smallest absolute Gasteiger partial charge is 0.362 e.